The van der Waals surface area contributed by atoms with Crippen LogP contribution in [0, 0.1) is 6.92 Å². The molecule has 0 saturated carbocycles. The van der Waals surface area contributed by atoms with Crippen molar-refractivity contribution in [3.05, 3.63) is 41.8 Å². The summed E-state index contributed by atoms with van der Waals surface area (Å²) in [6.07, 6.45) is 2.80. The molecule has 0 bridgehead atoms. The highest BCUT2D eigenvalue weighted by Gasteiger charge is 2.10. The largest absolute Gasteiger partial charge is 0.363 e. The van der Waals surface area contributed by atoms with Crippen LogP contribution >= 0.6 is 0 Å². The van der Waals surface area contributed by atoms with Crippen LogP contribution in [0.3, 0.4) is 0 Å². The van der Waals surface area contributed by atoms with Crippen molar-refractivity contribution >= 4 is 17.3 Å². The lowest BCUT2D eigenvalue weighted by atomic mass is 10.1. The Morgan fingerprint density at radius 2 is 2.24 bits per heavy atom. The van der Waals surface area contributed by atoms with Crippen molar-refractivity contribution in [3.63, 3.8) is 0 Å². The van der Waals surface area contributed by atoms with Gasteiger partial charge < -0.3 is 15.3 Å². The van der Waals surface area contributed by atoms with E-state index >= 15 is 0 Å². The Morgan fingerprint density at radius 1 is 1.41 bits per heavy atom. The number of anilines is 2. The number of aryl methyl sites for hydroxylation is 1. The predicted molar refractivity (Wildman–Crippen MR) is 63.4 cm³/mol. The van der Waals surface area contributed by atoms with Gasteiger partial charge in [0.15, 0.2) is 0 Å². The standard InChI is InChI=1S/C11H12N4O2/c1-7-4-8(15-12)2-3-10(7)11(16)14-9-5-13-17-6-9/h2-6,15H,12H2,1H3,(H,14,16). The van der Waals surface area contributed by atoms with Crippen LogP contribution in [0.5, 0.6) is 0 Å². The summed E-state index contributed by atoms with van der Waals surface area (Å²) in [6, 6.07) is 5.23. The highest BCUT2D eigenvalue weighted by molar-refractivity contribution is 6.05. The van der Waals surface area contributed by atoms with E-state index in [1.807, 2.05) is 6.92 Å². The van der Waals surface area contributed by atoms with Crippen LogP contribution < -0.4 is 16.6 Å². The van der Waals surface area contributed by atoms with E-state index in [0.717, 1.165) is 11.3 Å². The molecule has 1 amide bonds. The number of benzene rings is 1. The second kappa shape index (κ2) is 4.67. The molecule has 0 radical (unpaired) electrons. The number of carbonyl (C=O) groups excluding carboxylic acids is 1. The van der Waals surface area contributed by atoms with Gasteiger partial charge in [0.1, 0.15) is 12.0 Å². The van der Waals surface area contributed by atoms with Crippen LogP contribution in [-0.4, -0.2) is 11.1 Å². The topological polar surface area (TPSA) is 93.2 Å². The van der Waals surface area contributed by atoms with Gasteiger partial charge >= 0.3 is 0 Å². The molecule has 0 saturated heterocycles. The average molecular weight is 232 g/mol. The summed E-state index contributed by atoms with van der Waals surface area (Å²) >= 11 is 0. The Bertz CT molecular complexity index is 522. The third kappa shape index (κ3) is 2.43. The normalized spacial score (nSPS) is 10.0. The molecule has 0 aliphatic rings. The molecule has 1 heterocycles. The van der Waals surface area contributed by atoms with Crippen molar-refractivity contribution in [2.75, 3.05) is 10.7 Å². The third-order valence-electron chi connectivity index (χ3n) is 2.33. The van der Waals surface area contributed by atoms with Gasteiger partial charge in [0, 0.05) is 11.3 Å². The lowest BCUT2D eigenvalue weighted by Crippen LogP contribution is -2.14. The molecule has 0 aliphatic carbocycles. The molecule has 88 valence electrons. The van der Waals surface area contributed by atoms with Gasteiger partial charge in [-0.15, -0.1) is 0 Å². The summed E-state index contributed by atoms with van der Waals surface area (Å²) in [5.74, 6) is 5.07. The van der Waals surface area contributed by atoms with Crippen molar-refractivity contribution < 1.29 is 9.32 Å². The van der Waals surface area contributed by atoms with Crippen molar-refractivity contribution in [1.29, 1.82) is 0 Å². The van der Waals surface area contributed by atoms with Gasteiger partial charge in [-0.1, -0.05) is 5.16 Å². The van der Waals surface area contributed by atoms with Gasteiger partial charge in [-0.3, -0.25) is 10.6 Å². The third-order valence-corrected chi connectivity index (χ3v) is 2.33. The molecule has 0 aliphatic heterocycles. The summed E-state index contributed by atoms with van der Waals surface area (Å²) in [6.45, 7) is 1.84. The Kier molecular flexibility index (Phi) is 3.06. The maximum absolute atomic E-state index is 11.9. The van der Waals surface area contributed by atoms with Crippen LogP contribution in [-0.2, 0) is 0 Å². The van der Waals surface area contributed by atoms with Crippen molar-refractivity contribution in [3.8, 4) is 0 Å². The second-order valence-corrected chi connectivity index (χ2v) is 3.54. The molecule has 6 nitrogen and oxygen atoms in total. The molecule has 0 unspecified atom stereocenters. The molecule has 4 N–H and O–H groups in total. The van der Waals surface area contributed by atoms with Gasteiger partial charge in [-0.2, -0.15) is 0 Å². The molecule has 17 heavy (non-hydrogen) atoms. The van der Waals surface area contributed by atoms with Crippen molar-refractivity contribution in [2.45, 2.75) is 6.92 Å². The number of hydrogen-bond donors (Lipinski definition) is 3. The zero-order chi connectivity index (χ0) is 12.3. The average Bonchev–Trinajstić information content (AvgIpc) is 2.81. The van der Waals surface area contributed by atoms with Gasteiger partial charge in [-0.25, -0.2) is 0 Å². The van der Waals surface area contributed by atoms with Crippen LogP contribution in [0.4, 0.5) is 11.4 Å². The summed E-state index contributed by atoms with van der Waals surface area (Å²) in [5, 5.41) is 6.17. The van der Waals surface area contributed by atoms with Gasteiger partial charge in [0.05, 0.1) is 6.20 Å². The predicted octanol–water partition coefficient (Wildman–Crippen LogP) is 1.52. The number of carbonyl (C=O) groups is 1. The highest BCUT2D eigenvalue weighted by atomic mass is 16.5. The number of rotatable bonds is 3. The van der Waals surface area contributed by atoms with E-state index in [9.17, 15) is 4.79 Å². The fourth-order valence-electron chi connectivity index (χ4n) is 1.47. The minimum absolute atomic E-state index is 0.214. The number of amides is 1. The van der Waals surface area contributed by atoms with Crippen LogP contribution in [0.15, 0.2) is 35.2 Å². The fraction of sp³-hybridized carbons (Fsp3) is 0.0909. The Morgan fingerprint density at radius 3 is 2.82 bits per heavy atom. The molecule has 6 heteroatoms. The second-order valence-electron chi connectivity index (χ2n) is 3.54. The zero-order valence-corrected chi connectivity index (χ0v) is 9.23. The van der Waals surface area contributed by atoms with E-state index in [-0.39, 0.29) is 5.91 Å². The zero-order valence-electron chi connectivity index (χ0n) is 9.23. The maximum atomic E-state index is 11.9. The van der Waals surface area contributed by atoms with Crippen LogP contribution in [0.1, 0.15) is 15.9 Å². The Hall–Kier alpha value is -2.34. The first-order valence-corrected chi connectivity index (χ1v) is 4.98. The van der Waals surface area contributed by atoms with Gasteiger partial charge in [-0.05, 0) is 30.7 Å². The van der Waals surface area contributed by atoms with E-state index in [1.165, 1.54) is 12.5 Å². The summed E-state index contributed by atoms with van der Waals surface area (Å²) < 4.78 is 4.63. The molecule has 1 aromatic heterocycles. The number of nitrogens with zero attached hydrogens (tertiary/aromatic N) is 1. The fourth-order valence-corrected chi connectivity index (χ4v) is 1.47. The number of hydrazine groups is 1. The molecular weight excluding hydrogens is 220 g/mol. The molecular formula is C11H12N4O2. The van der Waals surface area contributed by atoms with E-state index in [2.05, 4.69) is 20.4 Å². The van der Waals surface area contributed by atoms with Crippen molar-refractivity contribution in [2.24, 2.45) is 5.84 Å². The van der Waals surface area contributed by atoms with Gasteiger partial charge in [0.25, 0.3) is 5.91 Å². The smallest absolute Gasteiger partial charge is 0.256 e. The lowest BCUT2D eigenvalue weighted by molar-refractivity contribution is 0.102. The first kappa shape index (κ1) is 11.2. The number of aromatic nitrogens is 1. The monoisotopic (exact) mass is 232 g/mol. The van der Waals surface area contributed by atoms with E-state index in [0.29, 0.717) is 11.3 Å². The molecule has 2 aromatic rings. The number of nitrogens with two attached hydrogens (primary N) is 1. The maximum Gasteiger partial charge on any atom is 0.256 e. The summed E-state index contributed by atoms with van der Waals surface area (Å²) in [7, 11) is 0. The van der Waals surface area contributed by atoms with Crippen LogP contribution in [0.2, 0.25) is 0 Å². The van der Waals surface area contributed by atoms with E-state index in [1.54, 1.807) is 18.2 Å². The van der Waals surface area contributed by atoms with E-state index in [4.69, 9.17) is 5.84 Å². The Labute approximate surface area is 97.8 Å². The SMILES string of the molecule is Cc1cc(NN)ccc1C(=O)Nc1cnoc1. The van der Waals surface area contributed by atoms with Crippen molar-refractivity contribution in [1.82, 2.24) is 5.16 Å². The van der Waals surface area contributed by atoms with Gasteiger partial charge in [0.2, 0.25) is 0 Å². The molecule has 0 atom stereocenters. The number of nitrogen functional groups attached to an aromatic ring is 1. The minimum Gasteiger partial charge on any atom is -0.363 e. The quantitative estimate of drug-likeness (QED) is 0.551. The number of hydrogen-bond acceptors (Lipinski definition) is 5. The van der Waals surface area contributed by atoms with E-state index < -0.39 is 0 Å². The molecule has 2 rings (SSSR count). The lowest BCUT2D eigenvalue weighted by Gasteiger charge is -2.07. The highest BCUT2D eigenvalue weighted by Crippen LogP contribution is 2.16. The Balaban J connectivity index is 2.19. The summed E-state index contributed by atoms with van der Waals surface area (Å²) in [4.78, 5) is 11.9. The first-order chi connectivity index (χ1) is 8.20. The molecule has 1 aromatic carbocycles. The number of nitrogens with one attached hydrogen (secondary N) is 2. The summed E-state index contributed by atoms with van der Waals surface area (Å²) in [5.41, 5.74) is 5.20. The minimum atomic E-state index is -0.214. The molecule has 0 spiro atoms. The molecule has 0 fully saturated rings. The first-order valence-electron chi connectivity index (χ1n) is 4.98. The van der Waals surface area contributed by atoms with Crippen LogP contribution in [0.25, 0.3) is 0 Å².